The van der Waals surface area contributed by atoms with Crippen LogP contribution in [0.5, 0.6) is 0 Å². The first kappa shape index (κ1) is 61.1. The van der Waals surface area contributed by atoms with Gasteiger partial charge in [0.15, 0.2) is 0 Å². The number of allylic oxidation sites excluding steroid dienone is 2. The molecule has 0 unspecified atom stereocenters. The number of rotatable bonds is 16. The second kappa shape index (κ2) is 23.1. The Morgan fingerprint density at radius 1 is 0.407 bits per heavy atom. The molecule has 8 rings (SSSR count). The van der Waals surface area contributed by atoms with E-state index in [9.17, 15) is 87.4 Å². The molecule has 8 N–H and O–H groups in total. The van der Waals surface area contributed by atoms with Crippen LogP contribution in [0.4, 0.5) is 22.7 Å². The summed E-state index contributed by atoms with van der Waals surface area (Å²) in [5.41, 5.74) is 0.460. The van der Waals surface area contributed by atoms with Gasteiger partial charge in [0.2, 0.25) is 11.6 Å². The standard InChI is InChI=1S/C46H32N8O20S6.Na/c55-45-35(23-41(79(69,70)71)33-3-1-17-47-43(33)45)53-51-31-15-11-27(39(21-31)77(63,64)65)7-5-25-9-13-29(19-37(25)75(57,58)59)49-50-30-14-10-26(38(20-30)76(60,61)62)6-8-28-12-16-32(22-40(28)78(66,67)68)52-54-36-24-42(80(72,73)74)34-4-2-18-48-44(34)46(36)56;/h1-24,51-52H,(H,57,58,59)(H,60,61,62)(H,63,64,65)(H,66,67,68)(H,69,70,71)(H,72,73,74);/b7-5+,8-6+,50-49?,53-35+,54-36+;. The Bertz CT molecular complexity index is 4350. The van der Waals surface area contributed by atoms with Crippen molar-refractivity contribution in [3.05, 3.63) is 166 Å². The molecule has 0 saturated heterocycles. The molecule has 2 aliphatic carbocycles. The van der Waals surface area contributed by atoms with Gasteiger partial charge in [-0.1, -0.05) is 48.6 Å². The number of hydrazone groups is 2. The van der Waals surface area contributed by atoms with Crippen LogP contribution in [0.3, 0.4) is 0 Å². The Labute approximate surface area is 481 Å². The van der Waals surface area contributed by atoms with Crippen LogP contribution in [-0.4, -0.2) is 140 Å². The Morgan fingerprint density at radius 2 is 0.716 bits per heavy atom. The van der Waals surface area contributed by atoms with Gasteiger partial charge in [-0.15, -0.1) is 0 Å². The molecule has 4 aromatic carbocycles. The summed E-state index contributed by atoms with van der Waals surface area (Å²) in [5, 5.41) is 15.4. The van der Waals surface area contributed by atoms with Gasteiger partial charge in [-0.3, -0.25) is 57.7 Å². The van der Waals surface area contributed by atoms with Gasteiger partial charge in [-0.05, 0) is 107 Å². The van der Waals surface area contributed by atoms with E-state index in [0.29, 0.717) is 0 Å². The fourth-order valence-electron chi connectivity index (χ4n) is 7.49. The number of aromatic nitrogens is 2. The molecule has 0 fully saturated rings. The van der Waals surface area contributed by atoms with Crippen molar-refractivity contribution in [1.29, 1.82) is 0 Å². The smallest absolute Gasteiger partial charge is 0.285 e. The van der Waals surface area contributed by atoms with Gasteiger partial charge in [-0.2, -0.15) is 70.9 Å². The summed E-state index contributed by atoms with van der Waals surface area (Å²) in [4.78, 5) is 29.1. The number of Topliss-reactive ketones (excluding diaryl/α,β-unsaturated/α-hetero) is 2. The molecule has 0 amide bonds. The first-order chi connectivity index (χ1) is 37.3. The average Bonchev–Trinajstić information content (AvgIpc) is 3.51. The van der Waals surface area contributed by atoms with Crippen molar-refractivity contribution in [2.45, 2.75) is 19.6 Å². The summed E-state index contributed by atoms with van der Waals surface area (Å²) in [6.45, 7) is 0. The van der Waals surface area contributed by atoms with E-state index < -0.39 is 113 Å². The molecule has 2 aliphatic rings. The van der Waals surface area contributed by atoms with E-state index in [-0.39, 0.29) is 97.1 Å². The molecular weight excluding hydrogens is 1200 g/mol. The molecule has 35 heteroatoms. The Hall–Kier alpha value is -7.52. The summed E-state index contributed by atoms with van der Waals surface area (Å²) < 4.78 is 208. The summed E-state index contributed by atoms with van der Waals surface area (Å²) in [6.07, 6.45) is 8.01. The molecule has 2 heterocycles. The third-order valence-corrected chi connectivity index (χ3v) is 16.5. The van der Waals surface area contributed by atoms with Gasteiger partial charge in [0.05, 0.1) is 22.7 Å². The molecular formula is C46H32N8NaO20S6. The van der Waals surface area contributed by atoms with E-state index in [1.54, 1.807) is 0 Å². The van der Waals surface area contributed by atoms with Crippen LogP contribution in [0, 0.1) is 0 Å². The zero-order valence-electron chi connectivity index (χ0n) is 40.4. The van der Waals surface area contributed by atoms with Crippen molar-refractivity contribution < 1.29 is 87.4 Å². The van der Waals surface area contributed by atoms with Gasteiger partial charge in [0.25, 0.3) is 60.7 Å². The largest absolute Gasteiger partial charge is 0.295 e. The predicted octanol–water partition coefficient (Wildman–Crippen LogP) is 5.63. The molecule has 81 heavy (non-hydrogen) atoms. The first-order valence-electron chi connectivity index (χ1n) is 21.6. The quantitative estimate of drug-likeness (QED) is 0.0191. The van der Waals surface area contributed by atoms with Crippen molar-refractivity contribution >= 4 is 170 Å². The third kappa shape index (κ3) is 14.2. The maximum Gasteiger partial charge on any atom is 0.295 e. The molecule has 0 atom stereocenters. The van der Waals surface area contributed by atoms with E-state index in [2.05, 4.69) is 41.3 Å². The topological polar surface area (TPSA) is 460 Å². The average molecular weight is 1230 g/mol. The maximum absolute atomic E-state index is 13.0. The molecule has 0 spiro atoms. The molecule has 6 aromatic rings. The summed E-state index contributed by atoms with van der Waals surface area (Å²) in [5.74, 6) is -1.75. The normalized spacial score (nSPS) is 15.4. The molecule has 2 aromatic heterocycles. The van der Waals surface area contributed by atoms with Crippen molar-refractivity contribution in [3.8, 4) is 0 Å². The number of hydrogen-bond acceptors (Lipinski definition) is 22. The second-order valence-electron chi connectivity index (χ2n) is 16.4. The number of fused-ring (bicyclic) bond motifs is 2. The van der Waals surface area contributed by atoms with Crippen LogP contribution >= 0.6 is 0 Å². The number of anilines is 2. The van der Waals surface area contributed by atoms with Crippen molar-refractivity contribution in [3.63, 3.8) is 0 Å². The van der Waals surface area contributed by atoms with Crippen LogP contribution < -0.4 is 10.9 Å². The number of benzene rings is 4. The van der Waals surface area contributed by atoms with Gasteiger partial charge >= 0.3 is 0 Å². The fourth-order valence-corrected chi connectivity index (χ4v) is 11.7. The van der Waals surface area contributed by atoms with E-state index in [0.717, 1.165) is 85.0 Å². The number of carbonyl (C=O) groups excluding carboxylic acids is 2. The molecule has 413 valence electrons. The minimum Gasteiger partial charge on any atom is -0.285 e. The predicted molar refractivity (Wildman–Crippen MR) is 291 cm³/mol. The van der Waals surface area contributed by atoms with Crippen molar-refractivity contribution in [2.24, 2.45) is 20.4 Å². The molecule has 0 aliphatic heterocycles. The van der Waals surface area contributed by atoms with Gasteiger partial charge in [0.1, 0.15) is 52.2 Å². The number of nitrogens with one attached hydrogen (secondary N) is 2. The monoisotopic (exact) mass is 1230 g/mol. The van der Waals surface area contributed by atoms with E-state index in [1.807, 2.05) is 0 Å². The number of carbonyl (C=O) groups is 2. The van der Waals surface area contributed by atoms with Gasteiger partial charge < -0.3 is 0 Å². The Morgan fingerprint density at radius 3 is 1.02 bits per heavy atom. The fraction of sp³-hybridized carbons (Fsp3) is 0. The summed E-state index contributed by atoms with van der Waals surface area (Å²) in [6, 6.07) is 17.6. The van der Waals surface area contributed by atoms with Crippen LogP contribution in [0.25, 0.3) is 34.1 Å². The van der Waals surface area contributed by atoms with Crippen molar-refractivity contribution in [2.75, 3.05) is 10.9 Å². The first-order valence-corrected chi connectivity index (χ1v) is 30.2. The van der Waals surface area contributed by atoms with Gasteiger partial charge in [-0.25, -0.2) is 0 Å². The maximum atomic E-state index is 13.0. The number of hydrogen-bond donors (Lipinski definition) is 8. The van der Waals surface area contributed by atoms with E-state index in [4.69, 9.17) is 0 Å². The van der Waals surface area contributed by atoms with Crippen molar-refractivity contribution in [1.82, 2.24) is 9.97 Å². The SMILES string of the molecule is O=C1/C(=N/Nc2ccc(/C=C/c3ccc(N=Nc4ccc(/C=C/c5ccc(N/N=C6\C=C(S(=O)(=O)O)c7cccnc7C6=O)cc5S(=O)(=O)O)c(S(=O)(=O)O)c4)cc3S(=O)(=O)O)c(S(=O)(=O)O)c2)C=C(S(=O)(=O)O)c2cccnc21.[Na]. The zero-order chi connectivity index (χ0) is 58.3. The van der Waals surface area contributed by atoms with Gasteiger partial charge in [0, 0.05) is 53.1 Å². The molecule has 0 saturated carbocycles. The molecule has 28 nitrogen and oxygen atoms in total. The van der Waals surface area contributed by atoms with E-state index >= 15 is 0 Å². The third-order valence-electron chi connectivity index (χ3n) is 11.0. The Balaban J connectivity index is 0.00000946. The number of nitrogens with zero attached hydrogens (tertiary/aromatic N) is 6. The molecule has 0 bridgehead atoms. The Kier molecular flexibility index (Phi) is 17.5. The number of ketones is 2. The summed E-state index contributed by atoms with van der Waals surface area (Å²) >= 11 is 0. The number of azo groups is 1. The van der Waals surface area contributed by atoms with E-state index in [1.165, 1.54) is 60.9 Å². The van der Waals surface area contributed by atoms with Crippen LogP contribution in [-0.2, 0) is 60.7 Å². The molecule has 1 radical (unpaired) electrons. The zero-order valence-corrected chi connectivity index (χ0v) is 47.3. The minimum absolute atomic E-state index is 0. The minimum atomic E-state index is -5.10. The van der Waals surface area contributed by atoms with Crippen LogP contribution in [0.15, 0.2) is 162 Å². The second-order valence-corrected chi connectivity index (χ2v) is 24.7. The van der Waals surface area contributed by atoms with Crippen LogP contribution in [0.1, 0.15) is 54.4 Å². The van der Waals surface area contributed by atoms with Crippen LogP contribution in [0.2, 0.25) is 0 Å². The summed E-state index contributed by atoms with van der Waals surface area (Å²) in [7, 11) is -30.1. The number of pyridine rings is 2.